The Labute approximate surface area is 102 Å². The molecule has 2 rings (SSSR count). The lowest BCUT2D eigenvalue weighted by Gasteiger charge is -2.06. The van der Waals surface area contributed by atoms with Gasteiger partial charge < -0.3 is 14.3 Å². The zero-order chi connectivity index (χ0) is 12.1. The van der Waals surface area contributed by atoms with E-state index < -0.39 is 0 Å². The van der Waals surface area contributed by atoms with E-state index in [1.54, 1.807) is 6.26 Å². The molecule has 0 fully saturated rings. The van der Waals surface area contributed by atoms with Gasteiger partial charge in [-0.05, 0) is 12.6 Å². The summed E-state index contributed by atoms with van der Waals surface area (Å²) in [4.78, 5) is 4.31. The zero-order valence-electron chi connectivity index (χ0n) is 10.4. The highest BCUT2D eigenvalue weighted by Crippen LogP contribution is 2.13. The molecule has 2 heterocycles. The maximum Gasteiger partial charge on any atom is 0.127 e. The molecule has 17 heavy (non-hydrogen) atoms. The monoisotopic (exact) mass is 233 g/mol. The van der Waals surface area contributed by atoms with Gasteiger partial charge in [0.1, 0.15) is 11.6 Å². The molecule has 0 saturated heterocycles. The van der Waals surface area contributed by atoms with E-state index in [0.717, 1.165) is 37.6 Å². The van der Waals surface area contributed by atoms with Crippen molar-refractivity contribution in [3.63, 3.8) is 0 Å². The molecule has 0 radical (unpaired) electrons. The standard InChI is InChI=1S/C13H19N3O/c1-3-13-15-6-7-16(13)10-12-11(5-8-17-12)9-14-4-2/h5-8,14H,3-4,9-10H2,1-2H3. The van der Waals surface area contributed by atoms with E-state index in [1.165, 1.54) is 5.56 Å². The second-order valence-corrected chi connectivity index (χ2v) is 3.97. The SMILES string of the molecule is CCNCc1ccoc1Cn1ccnc1CC. The third kappa shape index (κ3) is 2.77. The van der Waals surface area contributed by atoms with E-state index in [2.05, 4.69) is 28.7 Å². The maximum atomic E-state index is 5.55. The molecule has 4 heteroatoms. The molecule has 0 aliphatic heterocycles. The molecule has 0 spiro atoms. The Hall–Kier alpha value is -1.55. The predicted octanol–water partition coefficient (Wildman–Crippen LogP) is 2.20. The van der Waals surface area contributed by atoms with Crippen molar-refractivity contribution in [2.45, 2.75) is 33.4 Å². The Kier molecular flexibility index (Phi) is 3.98. The molecule has 0 amide bonds. The second-order valence-electron chi connectivity index (χ2n) is 3.97. The van der Waals surface area contributed by atoms with Crippen LogP contribution in [0.4, 0.5) is 0 Å². The number of aromatic nitrogens is 2. The average molecular weight is 233 g/mol. The Morgan fingerprint density at radius 3 is 3.06 bits per heavy atom. The molecule has 0 aromatic carbocycles. The number of nitrogens with zero attached hydrogens (tertiary/aromatic N) is 2. The van der Waals surface area contributed by atoms with E-state index in [-0.39, 0.29) is 0 Å². The lowest BCUT2D eigenvalue weighted by atomic mass is 10.2. The first-order valence-electron chi connectivity index (χ1n) is 6.11. The molecule has 4 nitrogen and oxygen atoms in total. The normalized spacial score (nSPS) is 10.9. The van der Waals surface area contributed by atoms with Crippen LogP contribution in [0.3, 0.4) is 0 Å². The quantitative estimate of drug-likeness (QED) is 0.831. The summed E-state index contributed by atoms with van der Waals surface area (Å²) in [5, 5.41) is 3.31. The van der Waals surface area contributed by atoms with Gasteiger partial charge in [-0.25, -0.2) is 4.98 Å². The number of furan rings is 1. The van der Waals surface area contributed by atoms with Crippen LogP contribution < -0.4 is 5.32 Å². The van der Waals surface area contributed by atoms with Crippen LogP contribution in [-0.2, 0) is 19.5 Å². The fourth-order valence-electron chi connectivity index (χ4n) is 1.88. The van der Waals surface area contributed by atoms with E-state index >= 15 is 0 Å². The van der Waals surface area contributed by atoms with Crippen molar-refractivity contribution in [1.29, 1.82) is 0 Å². The topological polar surface area (TPSA) is 43.0 Å². The molecular weight excluding hydrogens is 214 g/mol. The summed E-state index contributed by atoms with van der Waals surface area (Å²) < 4.78 is 7.68. The first kappa shape index (κ1) is 11.9. The number of hydrogen-bond acceptors (Lipinski definition) is 3. The number of rotatable bonds is 6. The zero-order valence-corrected chi connectivity index (χ0v) is 10.4. The lowest BCUT2D eigenvalue weighted by molar-refractivity contribution is 0.482. The fourth-order valence-corrected chi connectivity index (χ4v) is 1.88. The van der Waals surface area contributed by atoms with Gasteiger partial charge in [0.2, 0.25) is 0 Å². The van der Waals surface area contributed by atoms with Gasteiger partial charge in [-0.15, -0.1) is 0 Å². The molecule has 1 N–H and O–H groups in total. The molecule has 2 aromatic heterocycles. The van der Waals surface area contributed by atoms with E-state index in [9.17, 15) is 0 Å². The smallest absolute Gasteiger partial charge is 0.127 e. The Balaban J connectivity index is 2.10. The van der Waals surface area contributed by atoms with Crippen LogP contribution in [0, 0.1) is 0 Å². The van der Waals surface area contributed by atoms with Crippen LogP contribution in [0.25, 0.3) is 0 Å². The van der Waals surface area contributed by atoms with Gasteiger partial charge in [0.25, 0.3) is 0 Å². The van der Waals surface area contributed by atoms with Crippen molar-refractivity contribution in [2.24, 2.45) is 0 Å². The summed E-state index contributed by atoms with van der Waals surface area (Å²) in [6.45, 7) is 6.80. The number of nitrogens with one attached hydrogen (secondary N) is 1. The first-order chi connectivity index (χ1) is 8.35. The third-order valence-corrected chi connectivity index (χ3v) is 2.84. The molecule has 0 bridgehead atoms. The maximum absolute atomic E-state index is 5.55. The highest BCUT2D eigenvalue weighted by atomic mass is 16.3. The van der Waals surface area contributed by atoms with Crippen LogP contribution >= 0.6 is 0 Å². The molecule has 2 aromatic rings. The van der Waals surface area contributed by atoms with Crippen molar-refractivity contribution >= 4 is 0 Å². The van der Waals surface area contributed by atoms with Crippen LogP contribution in [0.15, 0.2) is 29.1 Å². The lowest BCUT2D eigenvalue weighted by Crippen LogP contribution is -2.13. The molecular formula is C13H19N3O. The molecule has 0 atom stereocenters. The molecule has 0 unspecified atom stereocenters. The van der Waals surface area contributed by atoms with Gasteiger partial charge >= 0.3 is 0 Å². The predicted molar refractivity (Wildman–Crippen MR) is 66.8 cm³/mol. The minimum atomic E-state index is 0.761. The Bertz CT molecular complexity index is 459. The van der Waals surface area contributed by atoms with Crippen LogP contribution in [0.2, 0.25) is 0 Å². The van der Waals surface area contributed by atoms with Gasteiger partial charge in [0, 0.05) is 30.9 Å². The van der Waals surface area contributed by atoms with Crippen molar-refractivity contribution in [3.8, 4) is 0 Å². The van der Waals surface area contributed by atoms with Gasteiger partial charge in [0.15, 0.2) is 0 Å². The highest BCUT2D eigenvalue weighted by Gasteiger charge is 2.08. The molecule has 0 aliphatic carbocycles. The minimum absolute atomic E-state index is 0.761. The number of hydrogen-bond donors (Lipinski definition) is 1. The number of aryl methyl sites for hydroxylation is 1. The molecule has 0 aliphatic rings. The third-order valence-electron chi connectivity index (χ3n) is 2.84. The van der Waals surface area contributed by atoms with Gasteiger partial charge in [-0.3, -0.25) is 0 Å². The molecule has 92 valence electrons. The molecule has 0 saturated carbocycles. The summed E-state index contributed by atoms with van der Waals surface area (Å²) in [6.07, 6.45) is 6.53. The van der Waals surface area contributed by atoms with Gasteiger partial charge in [0.05, 0.1) is 12.8 Å². The van der Waals surface area contributed by atoms with Crippen molar-refractivity contribution < 1.29 is 4.42 Å². The van der Waals surface area contributed by atoms with E-state index in [4.69, 9.17) is 4.42 Å². The van der Waals surface area contributed by atoms with Crippen molar-refractivity contribution in [1.82, 2.24) is 14.9 Å². The number of imidazole rings is 1. The largest absolute Gasteiger partial charge is 0.467 e. The summed E-state index contributed by atoms with van der Waals surface area (Å²) >= 11 is 0. The Morgan fingerprint density at radius 2 is 2.29 bits per heavy atom. The average Bonchev–Trinajstić information content (AvgIpc) is 2.96. The second kappa shape index (κ2) is 5.68. The van der Waals surface area contributed by atoms with Crippen LogP contribution in [0.1, 0.15) is 31.0 Å². The fraction of sp³-hybridized carbons (Fsp3) is 0.462. The van der Waals surface area contributed by atoms with E-state index in [1.807, 2.05) is 18.5 Å². The van der Waals surface area contributed by atoms with Crippen LogP contribution in [-0.4, -0.2) is 16.1 Å². The summed E-state index contributed by atoms with van der Waals surface area (Å²) in [7, 11) is 0. The minimum Gasteiger partial charge on any atom is -0.467 e. The summed E-state index contributed by atoms with van der Waals surface area (Å²) in [6, 6.07) is 2.03. The Morgan fingerprint density at radius 1 is 1.41 bits per heavy atom. The highest BCUT2D eigenvalue weighted by molar-refractivity contribution is 5.17. The van der Waals surface area contributed by atoms with Gasteiger partial charge in [-0.1, -0.05) is 13.8 Å². The van der Waals surface area contributed by atoms with E-state index in [0.29, 0.717) is 0 Å². The first-order valence-corrected chi connectivity index (χ1v) is 6.11. The summed E-state index contributed by atoms with van der Waals surface area (Å²) in [5.74, 6) is 2.11. The van der Waals surface area contributed by atoms with Crippen molar-refractivity contribution in [2.75, 3.05) is 6.54 Å². The van der Waals surface area contributed by atoms with Gasteiger partial charge in [-0.2, -0.15) is 0 Å². The van der Waals surface area contributed by atoms with Crippen LogP contribution in [0.5, 0.6) is 0 Å². The summed E-state index contributed by atoms with van der Waals surface area (Å²) in [5.41, 5.74) is 1.22. The van der Waals surface area contributed by atoms with Crippen molar-refractivity contribution in [3.05, 3.63) is 41.9 Å².